The van der Waals surface area contributed by atoms with Crippen molar-refractivity contribution in [3.63, 3.8) is 0 Å². The highest BCUT2D eigenvalue weighted by molar-refractivity contribution is 7.89. The molecule has 1 atom stereocenters. The monoisotopic (exact) mass is 318 g/mol. The van der Waals surface area contributed by atoms with E-state index in [-0.39, 0.29) is 24.0 Å². The highest BCUT2D eigenvalue weighted by Crippen LogP contribution is 2.34. The SMILES string of the molecule is Cc1ccc2ccccc2c1N1CC(CS(N)(=O)=O)CC1=O. The molecule has 2 N–H and O–H groups in total. The Morgan fingerprint density at radius 2 is 1.95 bits per heavy atom. The van der Waals surface area contributed by atoms with E-state index < -0.39 is 10.0 Å². The third-order valence-corrected chi connectivity index (χ3v) is 4.98. The lowest BCUT2D eigenvalue weighted by Crippen LogP contribution is -2.28. The van der Waals surface area contributed by atoms with E-state index in [4.69, 9.17) is 5.14 Å². The normalized spacial score (nSPS) is 19.1. The molecule has 1 saturated heterocycles. The number of hydrogen-bond acceptors (Lipinski definition) is 3. The molecule has 116 valence electrons. The highest BCUT2D eigenvalue weighted by atomic mass is 32.2. The zero-order valence-electron chi connectivity index (χ0n) is 12.3. The average molecular weight is 318 g/mol. The summed E-state index contributed by atoms with van der Waals surface area (Å²) in [5.74, 6) is -0.451. The fourth-order valence-electron chi connectivity index (χ4n) is 3.16. The van der Waals surface area contributed by atoms with Gasteiger partial charge in [-0.3, -0.25) is 4.79 Å². The Balaban J connectivity index is 2.01. The van der Waals surface area contributed by atoms with Crippen LogP contribution in [-0.4, -0.2) is 26.6 Å². The minimum Gasteiger partial charge on any atom is -0.311 e. The van der Waals surface area contributed by atoms with Crippen molar-refractivity contribution < 1.29 is 13.2 Å². The van der Waals surface area contributed by atoms with Crippen LogP contribution in [-0.2, 0) is 14.8 Å². The molecule has 1 amide bonds. The van der Waals surface area contributed by atoms with Crippen molar-refractivity contribution in [2.24, 2.45) is 11.1 Å². The van der Waals surface area contributed by atoms with Gasteiger partial charge in [-0.1, -0.05) is 36.4 Å². The Bertz CT molecular complexity index is 846. The van der Waals surface area contributed by atoms with Crippen molar-refractivity contribution in [3.8, 4) is 0 Å². The van der Waals surface area contributed by atoms with Gasteiger partial charge in [-0.15, -0.1) is 0 Å². The fraction of sp³-hybridized carbons (Fsp3) is 0.312. The molecule has 0 saturated carbocycles. The Labute approximate surface area is 129 Å². The smallest absolute Gasteiger partial charge is 0.227 e. The number of primary sulfonamides is 1. The lowest BCUT2D eigenvalue weighted by molar-refractivity contribution is -0.117. The molecule has 1 unspecified atom stereocenters. The zero-order valence-corrected chi connectivity index (χ0v) is 13.1. The molecule has 1 aliphatic rings. The summed E-state index contributed by atoms with van der Waals surface area (Å²) in [7, 11) is -3.57. The van der Waals surface area contributed by atoms with E-state index in [9.17, 15) is 13.2 Å². The quantitative estimate of drug-likeness (QED) is 0.937. The summed E-state index contributed by atoms with van der Waals surface area (Å²) in [6, 6.07) is 11.9. The summed E-state index contributed by atoms with van der Waals surface area (Å²) in [4.78, 5) is 14.1. The molecular formula is C16H18N2O3S. The largest absolute Gasteiger partial charge is 0.311 e. The van der Waals surface area contributed by atoms with Gasteiger partial charge in [0.25, 0.3) is 0 Å². The number of nitrogens with two attached hydrogens (primary N) is 1. The molecule has 0 aromatic heterocycles. The van der Waals surface area contributed by atoms with Crippen LogP contribution in [0.4, 0.5) is 5.69 Å². The number of sulfonamides is 1. The molecule has 5 nitrogen and oxygen atoms in total. The van der Waals surface area contributed by atoms with Gasteiger partial charge < -0.3 is 4.90 Å². The molecular weight excluding hydrogens is 300 g/mol. The van der Waals surface area contributed by atoms with Crippen molar-refractivity contribution in [3.05, 3.63) is 42.0 Å². The topological polar surface area (TPSA) is 80.5 Å². The van der Waals surface area contributed by atoms with Crippen LogP contribution in [0, 0.1) is 12.8 Å². The molecule has 1 fully saturated rings. The molecule has 22 heavy (non-hydrogen) atoms. The number of amides is 1. The van der Waals surface area contributed by atoms with Crippen LogP contribution in [0.5, 0.6) is 0 Å². The van der Waals surface area contributed by atoms with E-state index >= 15 is 0 Å². The summed E-state index contributed by atoms with van der Waals surface area (Å²) in [5, 5.41) is 7.18. The number of aryl methyl sites for hydroxylation is 1. The lowest BCUT2D eigenvalue weighted by atomic mass is 10.0. The summed E-state index contributed by atoms with van der Waals surface area (Å²) in [6.45, 7) is 2.35. The van der Waals surface area contributed by atoms with Crippen LogP contribution in [0.2, 0.25) is 0 Å². The van der Waals surface area contributed by atoms with Crippen molar-refractivity contribution in [2.75, 3.05) is 17.2 Å². The predicted octanol–water partition coefficient (Wildman–Crippen LogP) is 1.79. The average Bonchev–Trinajstić information content (AvgIpc) is 2.77. The minimum absolute atomic E-state index is 0.0481. The van der Waals surface area contributed by atoms with E-state index in [0.717, 1.165) is 22.0 Å². The number of anilines is 1. The van der Waals surface area contributed by atoms with Crippen LogP contribution < -0.4 is 10.0 Å². The summed E-state index contributed by atoms with van der Waals surface area (Å²) >= 11 is 0. The summed E-state index contributed by atoms with van der Waals surface area (Å²) in [6.07, 6.45) is 0.221. The number of hydrogen-bond donors (Lipinski definition) is 1. The van der Waals surface area contributed by atoms with E-state index in [0.29, 0.717) is 6.54 Å². The Morgan fingerprint density at radius 1 is 1.23 bits per heavy atom. The van der Waals surface area contributed by atoms with E-state index in [1.54, 1.807) is 4.90 Å². The first-order valence-corrected chi connectivity index (χ1v) is 8.86. The Morgan fingerprint density at radius 3 is 2.68 bits per heavy atom. The van der Waals surface area contributed by atoms with Gasteiger partial charge in [0.15, 0.2) is 0 Å². The maximum Gasteiger partial charge on any atom is 0.227 e. The predicted molar refractivity (Wildman–Crippen MR) is 87.1 cm³/mol. The van der Waals surface area contributed by atoms with Crippen LogP contribution in [0.15, 0.2) is 36.4 Å². The van der Waals surface area contributed by atoms with E-state index in [2.05, 4.69) is 0 Å². The van der Waals surface area contributed by atoms with Gasteiger partial charge in [0.05, 0.1) is 11.4 Å². The maximum absolute atomic E-state index is 12.4. The number of carbonyl (C=O) groups excluding carboxylic acids is 1. The molecule has 2 aromatic rings. The lowest BCUT2D eigenvalue weighted by Gasteiger charge is -2.21. The number of nitrogens with zero attached hydrogens (tertiary/aromatic N) is 1. The van der Waals surface area contributed by atoms with Crippen LogP contribution in [0.25, 0.3) is 10.8 Å². The second-order valence-corrected chi connectivity index (χ2v) is 7.52. The Hall–Kier alpha value is -1.92. The first-order valence-electron chi connectivity index (χ1n) is 7.14. The van der Waals surface area contributed by atoms with Crippen molar-refractivity contribution in [1.82, 2.24) is 0 Å². The first kappa shape index (κ1) is 15.0. The number of carbonyl (C=O) groups is 1. The maximum atomic E-state index is 12.4. The zero-order chi connectivity index (χ0) is 15.9. The first-order chi connectivity index (χ1) is 10.3. The van der Waals surface area contributed by atoms with Crippen LogP contribution in [0.3, 0.4) is 0 Å². The molecule has 0 spiro atoms. The van der Waals surface area contributed by atoms with Gasteiger partial charge >= 0.3 is 0 Å². The van der Waals surface area contributed by atoms with Gasteiger partial charge in [-0.2, -0.15) is 0 Å². The molecule has 2 aromatic carbocycles. The number of rotatable bonds is 3. The van der Waals surface area contributed by atoms with Gasteiger partial charge in [-0.05, 0) is 17.9 Å². The van der Waals surface area contributed by atoms with E-state index in [1.807, 2.05) is 43.3 Å². The molecule has 0 aliphatic carbocycles. The molecule has 3 rings (SSSR count). The minimum atomic E-state index is -3.57. The third kappa shape index (κ3) is 2.84. The van der Waals surface area contributed by atoms with Crippen LogP contribution in [0.1, 0.15) is 12.0 Å². The Kier molecular flexibility index (Phi) is 3.66. The van der Waals surface area contributed by atoms with Crippen molar-refractivity contribution in [1.29, 1.82) is 0 Å². The molecule has 0 radical (unpaired) electrons. The second-order valence-electron chi connectivity index (χ2n) is 5.86. The van der Waals surface area contributed by atoms with Crippen molar-refractivity contribution >= 4 is 32.4 Å². The molecule has 1 aliphatic heterocycles. The number of fused-ring (bicyclic) bond motifs is 1. The number of benzene rings is 2. The summed E-state index contributed by atoms with van der Waals surface area (Å²) in [5.41, 5.74) is 1.88. The molecule has 0 bridgehead atoms. The van der Waals surface area contributed by atoms with Gasteiger partial charge in [-0.25, -0.2) is 13.6 Å². The van der Waals surface area contributed by atoms with Crippen LogP contribution >= 0.6 is 0 Å². The van der Waals surface area contributed by atoms with Gasteiger partial charge in [0.2, 0.25) is 15.9 Å². The van der Waals surface area contributed by atoms with E-state index in [1.165, 1.54) is 0 Å². The standard InChI is InChI=1S/C16H18N2O3S/c1-11-6-7-13-4-2-3-5-14(13)16(11)18-9-12(8-15(18)19)10-22(17,20)21/h2-7,12H,8-10H2,1H3,(H2,17,20,21). The highest BCUT2D eigenvalue weighted by Gasteiger charge is 2.34. The fourth-order valence-corrected chi connectivity index (χ4v) is 4.04. The molecule has 6 heteroatoms. The van der Waals surface area contributed by atoms with Gasteiger partial charge in [0, 0.05) is 24.3 Å². The summed E-state index contributed by atoms with van der Waals surface area (Å²) < 4.78 is 22.5. The molecule has 1 heterocycles. The van der Waals surface area contributed by atoms with Crippen molar-refractivity contribution in [2.45, 2.75) is 13.3 Å². The second kappa shape index (κ2) is 5.37. The van der Waals surface area contributed by atoms with Gasteiger partial charge in [0.1, 0.15) is 0 Å². The third-order valence-electron chi connectivity index (χ3n) is 4.05.